The first kappa shape index (κ1) is 19.8. The van der Waals surface area contributed by atoms with Gasteiger partial charge < -0.3 is 15.1 Å². The van der Waals surface area contributed by atoms with E-state index in [1.807, 2.05) is 12.1 Å². The number of hydrogen-bond donors (Lipinski definition) is 1. The molecule has 7 nitrogen and oxygen atoms in total. The van der Waals surface area contributed by atoms with Crippen molar-refractivity contribution in [3.63, 3.8) is 0 Å². The third kappa shape index (κ3) is 4.18. The Kier molecular flexibility index (Phi) is 5.42. The second-order valence-corrected chi connectivity index (χ2v) is 8.32. The van der Waals surface area contributed by atoms with Gasteiger partial charge in [-0.2, -0.15) is 4.98 Å². The van der Waals surface area contributed by atoms with E-state index in [2.05, 4.69) is 49.4 Å². The lowest BCUT2D eigenvalue weighted by molar-refractivity contribution is -0.117. The van der Waals surface area contributed by atoms with Crippen molar-refractivity contribution in [1.82, 2.24) is 15.0 Å². The summed E-state index contributed by atoms with van der Waals surface area (Å²) in [7, 11) is 0. The molecule has 4 heterocycles. The van der Waals surface area contributed by atoms with Crippen LogP contribution in [0.15, 0.2) is 55.0 Å². The van der Waals surface area contributed by atoms with Crippen molar-refractivity contribution in [3.8, 4) is 0 Å². The Morgan fingerprint density at radius 3 is 2.77 bits per heavy atom. The number of hydrogen-bond acceptors (Lipinski definition) is 6. The van der Waals surface area contributed by atoms with Crippen LogP contribution in [0.2, 0.25) is 5.02 Å². The first-order chi connectivity index (χ1) is 15.2. The summed E-state index contributed by atoms with van der Waals surface area (Å²) in [5.41, 5.74) is 2.86. The molecule has 2 aromatic heterocycles. The van der Waals surface area contributed by atoms with Gasteiger partial charge in [0.1, 0.15) is 5.02 Å². The minimum atomic E-state index is 0.131. The van der Waals surface area contributed by atoms with Gasteiger partial charge in [0.05, 0.1) is 30.0 Å². The molecule has 1 atom stereocenters. The molecule has 3 aromatic rings. The lowest BCUT2D eigenvalue weighted by atomic mass is 9.99. The van der Waals surface area contributed by atoms with E-state index in [0.29, 0.717) is 23.3 Å². The fraction of sp³-hybridized carbons (Fsp3) is 0.304. The Hall–Kier alpha value is -3.19. The average molecular weight is 435 g/mol. The van der Waals surface area contributed by atoms with Crippen molar-refractivity contribution in [2.75, 3.05) is 34.8 Å². The van der Waals surface area contributed by atoms with Crippen LogP contribution < -0.4 is 15.1 Å². The van der Waals surface area contributed by atoms with Crippen LogP contribution in [-0.4, -0.2) is 40.5 Å². The molecule has 2 aliphatic rings. The number of benzene rings is 1. The van der Waals surface area contributed by atoms with Gasteiger partial charge in [-0.25, -0.2) is 4.98 Å². The smallest absolute Gasteiger partial charge is 0.229 e. The third-order valence-electron chi connectivity index (χ3n) is 5.85. The molecule has 8 heteroatoms. The molecule has 2 fully saturated rings. The number of amides is 1. The molecular weight excluding hydrogens is 412 g/mol. The van der Waals surface area contributed by atoms with Crippen LogP contribution in [0.1, 0.15) is 30.7 Å². The minimum absolute atomic E-state index is 0.131. The number of aromatic nitrogens is 3. The highest BCUT2D eigenvalue weighted by Gasteiger charge is 2.27. The third-order valence-corrected chi connectivity index (χ3v) is 6.12. The average Bonchev–Trinajstić information content (AvgIpc) is 3.45. The highest BCUT2D eigenvalue weighted by atomic mass is 35.5. The monoisotopic (exact) mass is 434 g/mol. The summed E-state index contributed by atoms with van der Waals surface area (Å²) in [4.78, 5) is 29.3. The number of carbonyl (C=O) groups is 1. The Morgan fingerprint density at radius 1 is 1.10 bits per heavy atom. The molecule has 0 bridgehead atoms. The summed E-state index contributed by atoms with van der Waals surface area (Å²) >= 11 is 6.45. The minimum Gasteiger partial charge on any atom is -0.355 e. The molecule has 5 rings (SSSR count). The topological polar surface area (TPSA) is 74.2 Å². The number of anilines is 4. The van der Waals surface area contributed by atoms with Crippen LogP contribution in [0, 0.1) is 0 Å². The zero-order chi connectivity index (χ0) is 21.2. The van der Waals surface area contributed by atoms with Gasteiger partial charge in [-0.3, -0.25) is 9.78 Å². The maximum atomic E-state index is 12.0. The van der Waals surface area contributed by atoms with Crippen molar-refractivity contribution >= 4 is 40.6 Å². The molecular formula is C23H23ClN6O. The fourth-order valence-electron chi connectivity index (χ4n) is 4.28. The van der Waals surface area contributed by atoms with Gasteiger partial charge in [0, 0.05) is 32.0 Å². The summed E-state index contributed by atoms with van der Waals surface area (Å²) in [6, 6.07) is 12.4. The first-order valence-corrected chi connectivity index (χ1v) is 10.9. The van der Waals surface area contributed by atoms with E-state index in [1.165, 1.54) is 5.56 Å². The van der Waals surface area contributed by atoms with Crippen molar-refractivity contribution in [2.45, 2.75) is 25.2 Å². The second kappa shape index (κ2) is 8.51. The maximum Gasteiger partial charge on any atom is 0.229 e. The number of pyridine rings is 1. The van der Waals surface area contributed by atoms with Gasteiger partial charge in [-0.15, -0.1) is 0 Å². The molecule has 1 amide bonds. The molecule has 31 heavy (non-hydrogen) atoms. The van der Waals surface area contributed by atoms with Gasteiger partial charge in [-0.05, 0) is 24.5 Å². The van der Waals surface area contributed by atoms with Crippen LogP contribution in [0.3, 0.4) is 0 Å². The summed E-state index contributed by atoms with van der Waals surface area (Å²) in [5, 5.41) is 3.74. The summed E-state index contributed by atoms with van der Waals surface area (Å²) in [5.74, 6) is 1.78. The van der Waals surface area contributed by atoms with Crippen LogP contribution in [0.4, 0.5) is 23.1 Å². The van der Waals surface area contributed by atoms with E-state index in [4.69, 9.17) is 11.6 Å². The maximum absolute atomic E-state index is 12.0. The molecule has 0 spiro atoms. The highest BCUT2D eigenvalue weighted by molar-refractivity contribution is 6.32. The van der Waals surface area contributed by atoms with Gasteiger partial charge in [-0.1, -0.05) is 41.9 Å². The van der Waals surface area contributed by atoms with E-state index >= 15 is 0 Å². The quantitative estimate of drug-likeness (QED) is 0.642. The van der Waals surface area contributed by atoms with Crippen molar-refractivity contribution in [1.29, 1.82) is 0 Å². The molecule has 1 aromatic carbocycles. The number of carbonyl (C=O) groups excluding carboxylic acids is 1. The van der Waals surface area contributed by atoms with Gasteiger partial charge in [0.25, 0.3) is 0 Å². The molecule has 158 valence electrons. The molecule has 1 N–H and O–H groups in total. The van der Waals surface area contributed by atoms with Crippen LogP contribution >= 0.6 is 11.6 Å². The number of halogens is 1. The Morgan fingerprint density at radius 2 is 1.97 bits per heavy atom. The Bertz CT molecular complexity index is 1090. The standard InChI is InChI=1S/C23H23ClN6O/c24-20-14-26-23(27-18-11-19(13-25-12-18)30-9-4-7-21(30)31)28-22(20)29-10-8-17(15-29)16-5-2-1-3-6-16/h1-3,5-6,11-14,17H,4,7-10,15H2,(H,26,27,28). The molecule has 2 saturated heterocycles. The molecule has 0 radical (unpaired) electrons. The van der Waals surface area contributed by atoms with Crippen molar-refractivity contribution in [2.24, 2.45) is 0 Å². The zero-order valence-corrected chi connectivity index (χ0v) is 17.8. The Labute approximate surface area is 186 Å². The predicted molar refractivity (Wildman–Crippen MR) is 122 cm³/mol. The number of nitrogens with zero attached hydrogens (tertiary/aromatic N) is 5. The van der Waals surface area contributed by atoms with E-state index < -0.39 is 0 Å². The van der Waals surface area contributed by atoms with E-state index in [-0.39, 0.29) is 5.91 Å². The lowest BCUT2D eigenvalue weighted by Gasteiger charge is -2.20. The zero-order valence-electron chi connectivity index (χ0n) is 17.0. The van der Waals surface area contributed by atoms with Crippen LogP contribution in [0.25, 0.3) is 0 Å². The number of nitrogens with one attached hydrogen (secondary N) is 1. The molecule has 0 saturated carbocycles. The lowest BCUT2D eigenvalue weighted by Crippen LogP contribution is -2.23. The largest absolute Gasteiger partial charge is 0.355 e. The highest BCUT2D eigenvalue weighted by Crippen LogP contribution is 2.34. The predicted octanol–water partition coefficient (Wildman–Crippen LogP) is 4.39. The fourth-order valence-corrected chi connectivity index (χ4v) is 4.49. The summed E-state index contributed by atoms with van der Waals surface area (Å²) in [6.07, 6.45) is 7.55. The van der Waals surface area contributed by atoms with Gasteiger partial charge >= 0.3 is 0 Å². The molecule has 1 unspecified atom stereocenters. The summed E-state index contributed by atoms with van der Waals surface area (Å²) < 4.78 is 0. The SMILES string of the molecule is O=C1CCCN1c1cncc(Nc2ncc(Cl)c(N3CCC(c4ccccc4)C3)n2)c1. The second-order valence-electron chi connectivity index (χ2n) is 7.91. The van der Waals surface area contributed by atoms with E-state index in [0.717, 1.165) is 49.7 Å². The summed E-state index contributed by atoms with van der Waals surface area (Å²) in [6.45, 7) is 2.49. The normalized spacial score (nSPS) is 18.6. The molecule has 0 aliphatic carbocycles. The van der Waals surface area contributed by atoms with Crippen LogP contribution in [-0.2, 0) is 4.79 Å². The van der Waals surface area contributed by atoms with Crippen LogP contribution in [0.5, 0.6) is 0 Å². The molecule has 2 aliphatic heterocycles. The Balaban J connectivity index is 1.33. The first-order valence-electron chi connectivity index (χ1n) is 10.5. The van der Waals surface area contributed by atoms with Crippen molar-refractivity contribution < 1.29 is 4.79 Å². The van der Waals surface area contributed by atoms with Gasteiger partial charge in [0.15, 0.2) is 5.82 Å². The van der Waals surface area contributed by atoms with E-state index in [9.17, 15) is 4.79 Å². The van der Waals surface area contributed by atoms with Gasteiger partial charge in [0.2, 0.25) is 11.9 Å². The van der Waals surface area contributed by atoms with E-state index in [1.54, 1.807) is 23.5 Å². The number of rotatable bonds is 5. The van der Waals surface area contributed by atoms with Crippen molar-refractivity contribution in [3.05, 3.63) is 65.6 Å².